The molecule has 1 fully saturated rings. The highest BCUT2D eigenvalue weighted by Gasteiger charge is 2.23. The molecule has 1 aromatic heterocycles. The van der Waals surface area contributed by atoms with Crippen LogP contribution in [0, 0.1) is 6.92 Å². The Morgan fingerprint density at radius 2 is 1.95 bits per heavy atom. The summed E-state index contributed by atoms with van der Waals surface area (Å²) in [6.07, 6.45) is 8.44. The van der Waals surface area contributed by atoms with Crippen molar-refractivity contribution in [2.75, 3.05) is 13.7 Å². The second-order valence-electron chi connectivity index (χ2n) is 5.42. The highest BCUT2D eigenvalue weighted by atomic mass is 16.5. The number of hydrogen-bond acceptors (Lipinski definition) is 5. The fourth-order valence-corrected chi connectivity index (χ4v) is 2.47. The molecule has 2 rings (SSSR count). The van der Waals surface area contributed by atoms with Crippen LogP contribution in [0.5, 0.6) is 0 Å². The van der Waals surface area contributed by atoms with E-state index in [9.17, 15) is 9.59 Å². The summed E-state index contributed by atoms with van der Waals surface area (Å²) in [6.45, 7) is 1.53. The number of carbonyl (C=O) groups is 2. The first-order chi connectivity index (χ1) is 10.1. The lowest BCUT2D eigenvalue weighted by atomic mass is 9.94. The van der Waals surface area contributed by atoms with Crippen molar-refractivity contribution in [2.24, 2.45) is 0 Å². The van der Waals surface area contributed by atoms with Crippen LogP contribution in [0.25, 0.3) is 0 Å². The quantitative estimate of drug-likeness (QED) is 0.790. The van der Waals surface area contributed by atoms with Crippen molar-refractivity contribution in [3.8, 4) is 0 Å². The Hall–Kier alpha value is -1.98. The van der Waals surface area contributed by atoms with E-state index in [0.717, 1.165) is 31.4 Å². The van der Waals surface area contributed by atoms with E-state index in [1.54, 1.807) is 18.9 Å². The van der Waals surface area contributed by atoms with Gasteiger partial charge in [0.1, 0.15) is 0 Å². The molecule has 0 unspecified atom stereocenters. The van der Waals surface area contributed by atoms with Crippen molar-refractivity contribution in [1.82, 2.24) is 14.9 Å². The van der Waals surface area contributed by atoms with Gasteiger partial charge in [-0.05, 0) is 19.8 Å². The highest BCUT2D eigenvalue weighted by Crippen LogP contribution is 2.21. The van der Waals surface area contributed by atoms with E-state index < -0.39 is 5.97 Å². The zero-order chi connectivity index (χ0) is 15.2. The van der Waals surface area contributed by atoms with E-state index in [0.29, 0.717) is 0 Å². The van der Waals surface area contributed by atoms with Gasteiger partial charge in [-0.1, -0.05) is 19.3 Å². The lowest BCUT2D eigenvalue weighted by Crippen LogP contribution is -2.40. The molecule has 1 amide bonds. The van der Waals surface area contributed by atoms with Crippen LogP contribution >= 0.6 is 0 Å². The third-order valence-electron chi connectivity index (χ3n) is 3.83. The Morgan fingerprint density at radius 1 is 1.24 bits per heavy atom. The topological polar surface area (TPSA) is 72.4 Å². The number of aryl methyl sites for hydroxylation is 1. The third-order valence-corrected chi connectivity index (χ3v) is 3.83. The maximum absolute atomic E-state index is 12.0. The molecule has 1 heterocycles. The smallest absolute Gasteiger partial charge is 0.359 e. The number of hydrogen-bond donors (Lipinski definition) is 0. The van der Waals surface area contributed by atoms with Gasteiger partial charge in [-0.2, -0.15) is 0 Å². The Balaban J connectivity index is 1.82. The lowest BCUT2D eigenvalue weighted by molar-refractivity contribution is -0.135. The molecule has 0 aromatic carbocycles. The average Bonchev–Trinajstić information content (AvgIpc) is 2.53. The average molecular weight is 291 g/mol. The van der Waals surface area contributed by atoms with E-state index in [1.807, 2.05) is 0 Å². The van der Waals surface area contributed by atoms with Crippen molar-refractivity contribution in [1.29, 1.82) is 0 Å². The minimum atomic E-state index is -0.618. The van der Waals surface area contributed by atoms with Crippen LogP contribution in [0.1, 0.15) is 48.3 Å². The second-order valence-corrected chi connectivity index (χ2v) is 5.42. The summed E-state index contributed by atoms with van der Waals surface area (Å²) in [5, 5.41) is 0. The maximum atomic E-state index is 12.0. The van der Waals surface area contributed by atoms with Crippen LogP contribution < -0.4 is 0 Å². The molecule has 6 nitrogen and oxygen atoms in total. The zero-order valence-electron chi connectivity index (χ0n) is 12.5. The van der Waals surface area contributed by atoms with Gasteiger partial charge in [-0.15, -0.1) is 0 Å². The molecular weight excluding hydrogens is 270 g/mol. The predicted octanol–water partition coefficient (Wildman–Crippen LogP) is 1.73. The molecule has 114 valence electrons. The first-order valence-corrected chi connectivity index (χ1v) is 7.29. The standard InChI is InChI=1S/C15H21N3O3/c1-11-8-17-13(9-16-11)15(20)21-10-14(19)18(2)12-6-4-3-5-7-12/h8-9,12H,3-7,10H2,1-2H3. The fourth-order valence-electron chi connectivity index (χ4n) is 2.47. The van der Waals surface area contributed by atoms with Crippen molar-refractivity contribution < 1.29 is 14.3 Å². The molecule has 1 saturated carbocycles. The number of carbonyl (C=O) groups excluding carboxylic acids is 2. The zero-order valence-corrected chi connectivity index (χ0v) is 12.5. The van der Waals surface area contributed by atoms with Crippen LogP contribution in [-0.4, -0.2) is 46.4 Å². The molecule has 6 heteroatoms. The molecular formula is C15H21N3O3. The van der Waals surface area contributed by atoms with Crippen LogP contribution in [-0.2, 0) is 9.53 Å². The van der Waals surface area contributed by atoms with Crippen molar-refractivity contribution in [3.63, 3.8) is 0 Å². The summed E-state index contributed by atoms with van der Waals surface area (Å²) < 4.78 is 5.01. The summed E-state index contributed by atoms with van der Waals surface area (Å²) in [4.78, 5) is 33.4. The number of rotatable bonds is 4. The molecule has 1 aliphatic carbocycles. The molecule has 0 saturated heterocycles. The van der Waals surface area contributed by atoms with Gasteiger partial charge in [0, 0.05) is 19.3 Å². The molecule has 0 N–H and O–H groups in total. The lowest BCUT2D eigenvalue weighted by Gasteiger charge is -2.31. The first-order valence-electron chi connectivity index (χ1n) is 7.29. The predicted molar refractivity (Wildman–Crippen MR) is 76.7 cm³/mol. The van der Waals surface area contributed by atoms with Gasteiger partial charge < -0.3 is 9.64 Å². The third kappa shape index (κ3) is 4.24. The summed E-state index contributed by atoms with van der Waals surface area (Å²) in [7, 11) is 1.78. The first kappa shape index (κ1) is 15.4. The number of ether oxygens (including phenoxy) is 1. The van der Waals surface area contributed by atoms with Gasteiger partial charge >= 0.3 is 5.97 Å². The molecule has 21 heavy (non-hydrogen) atoms. The van der Waals surface area contributed by atoms with Crippen LogP contribution in [0.4, 0.5) is 0 Å². The molecule has 0 atom stereocenters. The molecule has 1 aromatic rings. The monoisotopic (exact) mass is 291 g/mol. The SMILES string of the molecule is Cc1cnc(C(=O)OCC(=O)N(C)C2CCCCC2)cn1. The van der Waals surface area contributed by atoms with Crippen LogP contribution in [0.15, 0.2) is 12.4 Å². The Kier molecular flexibility index (Phi) is 5.25. The van der Waals surface area contributed by atoms with Crippen LogP contribution in [0.3, 0.4) is 0 Å². The molecule has 1 aliphatic rings. The summed E-state index contributed by atoms with van der Waals surface area (Å²) in [5.74, 6) is -0.789. The molecule has 0 bridgehead atoms. The van der Waals surface area contributed by atoms with Gasteiger partial charge in [0.15, 0.2) is 12.3 Å². The van der Waals surface area contributed by atoms with E-state index in [2.05, 4.69) is 9.97 Å². The number of amides is 1. The number of nitrogens with zero attached hydrogens (tertiary/aromatic N) is 3. The number of esters is 1. The Bertz CT molecular complexity index is 495. The van der Waals surface area contributed by atoms with E-state index in [4.69, 9.17) is 4.74 Å². The second kappa shape index (κ2) is 7.15. The number of aromatic nitrogens is 2. The highest BCUT2D eigenvalue weighted by molar-refractivity contribution is 5.89. The van der Waals surface area contributed by atoms with E-state index >= 15 is 0 Å². The van der Waals surface area contributed by atoms with E-state index in [-0.39, 0.29) is 24.2 Å². The van der Waals surface area contributed by atoms with Crippen molar-refractivity contribution in [2.45, 2.75) is 45.1 Å². The Morgan fingerprint density at radius 3 is 2.57 bits per heavy atom. The van der Waals surface area contributed by atoms with Gasteiger partial charge in [0.2, 0.25) is 0 Å². The number of likely N-dealkylation sites (N-methyl/N-ethyl adjacent to an activating group) is 1. The summed E-state index contributed by atoms with van der Waals surface area (Å²) in [6, 6.07) is 0.268. The minimum Gasteiger partial charge on any atom is -0.451 e. The summed E-state index contributed by atoms with van der Waals surface area (Å²) >= 11 is 0. The van der Waals surface area contributed by atoms with Gasteiger partial charge in [0.25, 0.3) is 5.91 Å². The molecule has 0 spiro atoms. The maximum Gasteiger partial charge on any atom is 0.359 e. The van der Waals surface area contributed by atoms with Crippen molar-refractivity contribution >= 4 is 11.9 Å². The Labute approximate surface area is 124 Å². The summed E-state index contributed by atoms with van der Waals surface area (Å²) in [5.41, 5.74) is 0.841. The van der Waals surface area contributed by atoms with Gasteiger partial charge in [-0.25, -0.2) is 9.78 Å². The minimum absolute atomic E-state index is 0.119. The fraction of sp³-hybridized carbons (Fsp3) is 0.600. The van der Waals surface area contributed by atoms with Crippen LogP contribution in [0.2, 0.25) is 0 Å². The molecule has 0 aliphatic heterocycles. The largest absolute Gasteiger partial charge is 0.451 e. The molecule has 0 radical (unpaired) electrons. The van der Waals surface area contributed by atoms with E-state index in [1.165, 1.54) is 18.8 Å². The van der Waals surface area contributed by atoms with Crippen molar-refractivity contribution in [3.05, 3.63) is 23.8 Å². The van der Waals surface area contributed by atoms with Gasteiger partial charge in [0.05, 0.1) is 11.9 Å². The van der Waals surface area contributed by atoms with Gasteiger partial charge in [-0.3, -0.25) is 9.78 Å². The normalized spacial score (nSPS) is 15.5.